The van der Waals surface area contributed by atoms with E-state index in [-0.39, 0.29) is 5.97 Å². The van der Waals surface area contributed by atoms with E-state index < -0.39 is 7.37 Å². The maximum atomic E-state index is 11.3. The van der Waals surface area contributed by atoms with Crippen molar-refractivity contribution in [1.29, 1.82) is 0 Å². The van der Waals surface area contributed by atoms with Gasteiger partial charge in [-0.3, -0.25) is 4.57 Å². The number of carbonyl (C=O) groups is 1. The second-order valence-electron chi connectivity index (χ2n) is 4.57. The van der Waals surface area contributed by atoms with E-state index in [0.29, 0.717) is 24.5 Å². The van der Waals surface area contributed by atoms with E-state index in [1.807, 2.05) is 0 Å². The van der Waals surface area contributed by atoms with Crippen LogP contribution in [0.3, 0.4) is 0 Å². The lowest BCUT2D eigenvalue weighted by molar-refractivity contribution is -0.139. The van der Waals surface area contributed by atoms with E-state index in [4.69, 9.17) is 4.74 Å². The molecule has 0 rings (SSSR count). The summed E-state index contributed by atoms with van der Waals surface area (Å²) in [5.74, 6) is -0.334. The molecule has 1 N–H and O–H groups in total. The topological polar surface area (TPSA) is 63.6 Å². The van der Waals surface area contributed by atoms with Crippen LogP contribution in [0.5, 0.6) is 0 Å². The second kappa shape index (κ2) is 9.35. The normalized spacial score (nSPS) is 13.9. The molecule has 0 aromatic heterocycles. The van der Waals surface area contributed by atoms with Crippen molar-refractivity contribution in [2.24, 2.45) is 0 Å². The van der Waals surface area contributed by atoms with E-state index in [9.17, 15) is 14.3 Å². The summed E-state index contributed by atoms with van der Waals surface area (Å²) in [6, 6.07) is 0. The van der Waals surface area contributed by atoms with Crippen molar-refractivity contribution in [3.8, 4) is 0 Å². The smallest absolute Gasteiger partial charge is 0.333 e. The summed E-state index contributed by atoms with van der Waals surface area (Å²) in [6.07, 6.45) is 5.37. The quantitative estimate of drug-likeness (QED) is 0.288. The molecule has 0 radical (unpaired) electrons. The Labute approximate surface area is 110 Å². The van der Waals surface area contributed by atoms with Crippen LogP contribution in [0, 0.1) is 0 Å². The summed E-state index contributed by atoms with van der Waals surface area (Å²) in [6.45, 7) is 7.31. The van der Waals surface area contributed by atoms with E-state index in [1.165, 1.54) is 0 Å². The predicted octanol–water partition coefficient (Wildman–Crippen LogP) is 3.35. The monoisotopic (exact) mass is 276 g/mol. The molecule has 0 amide bonds. The summed E-state index contributed by atoms with van der Waals surface area (Å²) in [4.78, 5) is 20.4. The number of hydrogen-bond donors (Lipinski definition) is 1. The summed E-state index contributed by atoms with van der Waals surface area (Å²) in [5, 5.41) is 0. The lowest BCUT2D eigenvalue weighted by Gasteiger charge is -2.08. The Morgan fingerprint density at radius 3 is 2.33 bits per heavy atom. The van der Waals surface area contributed by atoms with Crippen molar-refractivity contribution in [3.05, 3.63) is 12.2 Å². The summed E-state index contributed by atoms with van der Waals surface area (Å²) >= 11 is 0. The average Bonchev–Trinajstić information content (AvgIpc) is 2.32. The molecule has 18 heavy (non-hydrogen) atoms. The molecule has 0 aromatic carbocycles. The molecular weight excluding hydrogens is 251 g/mol. The Bertz CT molecular complexity index is 312. The third-order valence-electron chi connectivity index (χ3n) is 2.73. The van der Waals surface area contributed by atoms with Crippen molar-refractivity contribution in [1.82, 2.24) is 0 Å². The van der Waals surface area contributed by atoms with Gasteiger partial charge in [-0.25, -0.2) is 4.79 Å². The van der Waals surface area contributed by atoms with Crippen LogP contribution >= 0.6 is 7.37 Å². The first-order valence-corrected chi connectivity index (χ1v) is 8.55. The molecule has 0 saturated carbocycles. The van der Waals surface area contributed by atoms with Crippen LogP contribution in [0.15, 0.2) is 12.2 Å². The second-order valence-corrected chi connectivity index (χ2v) is 7.34. The Kier molecular flexibility index (Phi) is 9.03. The van der Waals surface area contributed by atoms with E-state index in [0.717, 1.165) is 32.1 Å². The fraction of sp³-hybridized carbons (Fsp3) is 0.769. The maximum absolute atomic E-state index is 11.3. The molecule has 0 spiro atoms. The first-order valence-electron chi connectivity index (χ1n) is 6.52. The van der Waals surface area contributed by atoms with Crippen LogP contribution < -0.4 is 0 Å². The first-order chi connectivity index (χ1) is 8.39. The molecule has 0 heterocycles. The molecule has 4 nitrogen and oxygen atoms in total. The highest BCUT2D eigenvalue weighted by molar-refractivity contribution is 7.57. The molecule has 0 fully saturated rings. The minimum absolute atomic E-state index is 0.334. The van der Waals surface area contributed by atoms with Gasteiger partial charge in [0.05, 0.1) is 6.61 Å². The average molecular weight is 276 g/mol. The molecule has 1 unspecified atom stereocenters. The van der Waals surface area contributed by atoms with Gasteiger partial charge in [0.25, 0.3) is 0 Å². The Hall–Kier alpha value is -0.600. The number of esters is 1. The Morgan fingerprint density at radius 1 is 1.22 bits per heavy atom. The van der Waals surface area contributed by atoms with Gasteiger partial charge >= 0.3 is 5.97 Å². The fourth-order valence-corrected chi connectivity index (χ4v) is 2.47. The summed E-state index contributed by atoms with van der Waals surface area (Å²) < 4.78 is 16.3. The van der Waals surface area contributed by atoms with Crippen molar-refractivity contribution in [2.45, 2.75) is 46.0 Å². The number of rotatable bonds is 10. The van der Waals surface area contributed by atoms with Crippen LogP contribution in [-0.2, 0) is 14.1 Å². The minimum atomic E-state index is -2.84. The summed E-state index contributed by atoms with van der Waals surface area (Å²) in [7, 11) is -2.84. The van der Waals surface area contributed by atoms with Crippen LogP contribution in [0.4, 0.5) is 0 Å². The standard InChI is InChI=1S/C13H25O4P/c1-4-18(15,16)11-9-7-5-6-8-10-17-13(14)12(2)3/h2,4-11H2,1,3H3,(H,15,16). The number of hydrogen-bond acceptors (Lipinski definition) is 3. The highest BCUT2D eigenvalue weighted by atomic mass is 31.2. The van der Waals surface area contributed by atoms with E-state index in [1.54, 1.807) is 13.8 Å². The molecular formula is C13H25O4P. The molecule has 0 saturated heterocycles. The highest BCUT2D eigenvalue weighted by Gasteiger charge is 2.13. The molecule has 106 valence electrons. The number of unbranched alkanes of at least 4 members (excludes halogenated alkanes) is 4. The third kappa shape index (κ3) is 9.43. The Morgan fingerprint density at radius 2 is 1.78 bits per heavy atom. The SMILES string of the molecule is C=C(C)C(=O)OCCCCCCCP(=O)(O)CC. The number of carbonyl (C=O) groups excluding carboxylic acids is 1. The van der Waals surface area contributed by atoms with Gasteiger partial charge in [-0.15, -0.1) is 0 Å². The molecule has 5 heteroatoms. The van der Waals surface area contributed by atoms with Crippen molar-refractivity contribution < 1.29 is 19.0 Å². The zero-order chi connectivity index (χ0) is 14.0. The largest absolute Gasteiger partial charge is 0.462 e. The van der Waals surface area contributed by atoms with Crippen LogP contribution in [0.2, 0.25) is 0 Å². The van der Waals surface area contributed by atoms with Gasteiger partial charge in [-0.2, -0.15) is 0 Å². The molecule has 0 aliphatic heterocycles. The van der Waals surface area contributed by atoms with Crippen molar-refractivity contribution in [2.75, 3.05) is 18.9 Å². The highest BCUT2D eigenvalue weighted by Crippen LogP contribution is 2.40. The zero-order valence-electron chi connectivity index (χ0n) is 11.5. The molecule has 0 bridgehead atoms. The van der Waals surface area contributed by atoms with Crippen LogP contribution in [0.1, 0.15) is 46.0 Å². The van der Waals surface area contributed by atoms with E-state index >= 15 is 0 Å². The van der Waals surface area contributed by atoms with Crippen LogP contribution in [-0.4, -0.2) is 29.8 Å². The lowest BCUT2D eigenvalue weighted by Crippen LogP contribution is -2.06. The van der Waals surface area contributed by atoms with Gasteiger partial charge in [0, 0.05) is 17.9 Å². The third-order valence-corrected chi connectivity index (χ3v) is 4.73. The summed E-state index contributed by atoms with van der Waals surface area (Å²) in [5.41, 5.74) is 0.424. The number of ether oxygens (including phenoxy) is 1. The van der Waals surface area contributed by atoms with Gasteiger partial charge in [0.2, 0.25) is 0 Å². The van der Waals surface area contributed by atoms with Gasteiger partial charge < -0.3 is 9.63 Å². The van der Waals surface area contributed by atoms with Gasteiger partial charge in [0.15, 0.2) is 7.37 Å². The van der Waals surface area contributed by atoms with Crippen molar-refractivity contribution >= 4 is 13.3 Å². The van der Waals surface area contributed by atoms with Gasteiger partial charge in [0.1, 0.15) is 0 Å². The van der Waals surface area contributed by atoms with E-state index in [2.05, 4.69) is 6.58 Å². The minimum Gasteiger partial charge on any atom is -0.462 e. The lowest BCUT2D eigenvalue weighted by atomic mass is 10.2. The Balaban J connectivity index is 3.34. The molecule has 0 aliphatic rings. The van der Waals surface area contributed by atoms with Crippen molar-refractivity contribution in [3.63, 3.8) is 0 Å². The molecule has 1 atom stereocenters. The zero-order valence-corrected chi connectivity index (χ0v) is 12.4. The molecule has 0 aromatic rings. The fourth-order valence-electron chi connectivity index (χ4n) is 1.44. The maximum Gasteiger partial charge on any atom is 0.333 e. The predicted molar refractivity (Wildman–Crippen MR) is 74.1 cm³/mol. The first kappa shape index (κ1) is 17.4. The van der Waals surface area contributed by atoms with Gasteiger partial charge in [-0.1, -0.05) is 32.8 Å². The van der Waals surface area contributed by atoms with Crippen LogP contribution in [0.25, 0.3) is 0 Å². The molecule has 0 aliphatic carbocycles. The van der Waals surface area contributed by atoms with Gasteiger partial charge in [-0.05, 0) is 19.8 Å².